The lowest BCUT2D eigenvalue weighted by molar-refractivity contribution is -0.108. The van der Waals surface area contributed by atoms with Crippen molar-refractivity contribution in [2.75, 3.05) is 0 Å². The van der Waals surface area contributed by atoms with Crippen LogP contribution in [0.5, 0.6) is 0 Å². The number of hydrogen-bond acceptors (Lipinski definition) is 5. The molecule has 0 unspecified atom stereocenters. The molecule has 2 heterocycles. The Morgan fingerprint density at radius 1 is 1.33 bits per heavy atom. The highest BCUT2D eigenvalue weighted by molar-refractivity contribution is 5.51. The Bertz CT molecular complexity index is 976. The summed E-state index contributed by atoms with van der Waals surface area (Å²) in [5.41, 5.74) is 1.95. The Morgan fingerprint density at radius 2 is 2.11 bits per heavy atom. The summed E-state index contributed by atoms with van der Waals surface area (Å²) in [6, 6.07) is 9.29. The first-order valence-electron chi connectivity index (χ1n) is 8.75. The minimum absolute atomic E-state index is 0.0807. The summed E-state index contributed by atoms with van der Waals surface area (Å²) in [4.78, 5) is 15.0. The van der Waals surface area contributed by atoms with Crippen molar-refractivity contribution in [3.63, 3.8) is 0 Å². The van der Waals surface area contributed by atoms with E-state index in [1.54, 1.807) is 0 Å². The Morgan fingerprint density at radius 3 is 2.78 bits per heavy atom. The molecule has 1 aliphatic rings. The normalized spacial score (nSPS) is 15.3. The first-order valence-corrected chi connectivity index (χ1v) is 8.75. The Hall–Kier alpha value is -2.90. The standard InChI is InChI=1S/C19H18F2N4O2/c1-12-5-2-3-6-13(12)19(7-8-19)18-22-17(27-24-18)14-11-15(16(20)21)25(23-14)9-4-10-26/h2-3,5-6,10-11,16H,4,7-9H2,1H3. The number of halogens is 2. The molecular weight excluding hydrogens is 354 g/mol. The van der Waals surface area contributed by atoms with Crippen molar-refractivity contribution < 1.29 is 18.1 Å². The highest BCUT2D eigenvalue weighted by Crippen LogP contribution is 2.53. The average molecular weight is 372 g/mol. The van der Waals surface area contributed by atoms with Crippen molar-refractivity contribution in [2.24, 2.45) is 0 Å². The van der Waals surface area contributed by atoms with Crippen LogP contribution in [0.2, 0.25) is 0 Å². The van der Waals surface area contributed by atoms with Gasteiger partial charge in [-0.2, -0.15) is 10.1 Å². The number of aryl methyl sites for hydroxylation is 2. The molecule has 1 fully saturated rings. The highest BCUT2D eigenvalue weighted by Gasteiger charge is 2.50. The molecule has 3 aromatic rings. The minimum atomic E-state index is -2.71. The lowest BCUT2D eigenvalue weighted by atomic mass is 9.91. The van der Waals surface area contributed by atoms with Crippen LogP contribution >= 0.6 is 0 Å². The Kier molecular flexibility index (Phi) is 4.33. The van der Waals surface area contributed by atoms with Gasteiger partial charge in [-0.25, -0.2) is 8.78 Å². The quantitative estimate of drug-likeness (QED) is 0.589. The van der Waals surface area contributed by atoms with Crippen LogP contribution in [0, 0.1) is 6.92 Å². The summed E-state index contributed by atoms with van der Waals surface area (Å²) in [7, 11) is 0. The van der Waals surface area contributed by atoms with E-state index in [-0.39, 0.29) is 35.7 Å². The third kappa shape index (κ3) is 3.05. The van der Waals surface area contributed by atoms with Gasteiger partial charge in [0.2, 0.25) is 0 Å². The van der Waals surface area contributed by atoms with Crippen LogP contribution in [0.15, 0.2) is 34.9 Å². The van der Waals surface area contributed by atoms with Gasteiger partial charge in [0.1, 0.15) is 12.0 Å². The van der Waals surface area contributed by atoms with E-state index >= 15 is 0 Å². The van der Waals surface area contributed by atoms with Crippen molar-refractivity contribution in [3.05, 3.63) is 53.0 Å². The zero-order valence-electron chi connectivity index (χ0n) is 14.7. The molecule has 8 heteroatoms. The molecule has 4 rings (SSSR count). The van der Waals surface area contributed by atoms with Gasteiger partial charge < -0.3 is 9.32 Å². The average Bonchev–Trinajstić information content (AvgIpc) is 3.12. The number of benzene rings is 1. The predicted molar refractivity (Wildman–Crippen MR) is 92.4 cm³/mol. The van der Waals surface area contributed by atoms with Crippen LogP contribution in [-0.4, -0.2) is 26.2 Å². The fourth-order valence-corrected chi connectivity index (χ4v) is 3.44. The van der Waals surface area contributed by atoms with Gasteiger partial charge in [0.15, 0.2) is 11.5 Å². The molecule has 0 bridgehead atoms. The maximum atomic E-state index is 13.2. The summed E-state index contributed by atoms with van der Waals surface area (Å²) < 4.78 is 32.9. The van der Waals surface area contributed by atoms with E-state index in [0.29, 0.717) is 12.1 Å². The van der Waals surface area contributed by atoms with Gasteiger partial charge in [-0.05, 0) is 37.0 Å². The fraction of sp³-hybridized carbons (Fsp3) is 0.368. The van der Waals surface area contributed by atoms with Crippen LogP contribution in [0.3, 0.4) is 0 Å². The van der Waals surface area contributed by atoms with E-state index in [0.717, 1.165) is 28.7 Å². The second-order valence-electron chi connectivity index (χ2n) is 6.75. The molecule has 0 spiro atoms. The lowest BCUT2D eigenvalue weighted by Crippen LogP contribution is -2.12. The topological polar surface area (TPSA) is 73.8 Å². The molecule has 0 N–H and O–H groups in total. The smallest absolute Gasteiger partial charge is 0.280 e. The second kappa shape index (κ2) is 6.68. The van der Waals surface area contributed by atoms with E-state index in [1.165, 1.54) is 6.07 Å². The van der Waals surface area contributed by atoms with Crippen LogP contribution < -0.4 is 0 Å². The maximum absolute atomic E-state index is 13.2. The Labute approximate surface area is 154 Å². The zero-order chi connectivity index (χ0) is 19.0. The van der Waals surface area contributed by atoms with E-state index in [2.05, 4.69) is 21.3 Å². The molecule has 0 amide bonds. The summed E-state index contributed by atoms with van der Waals surface area (Å²) >= 11 is 0. The summed E-state index contributed by atoms with van der Waals surface area (Å²) in [5.74, 6) is 0.657. The van der Waals surface area contributed by atoms with Crippen molar-refractivity contribution >= 4 is 6.29 Å². The number of alkyl halides is 2. The molecule has 140 valence electrons. The summed E-state index contributed by atoms with van der Waals surface area (Å²) in [5, 5.41) is 8.24. The number of rotatable bonds is 7. The Balaban J connectivity index is 1.67. The molecule has 0 atom stereocenters. The van der Waals surface area contributed by atoms with Crippen molar-refractivity contribution in [2.45, 2.75) is 44.6 Å². The van der Waals surface area contributed by atoms with Crippen molar-refractivity contribution in [3.8, 4) is 11.6 Å². The molecule has 0 radical (unpaired) electrons. The SMILES string of the molecule is Cc1ccccc1C1(c2noc(-c3cc(C(F)F)n(CCC=O)n3)n2)CC1. The summed E-state index contributed by atoms with van der Waals surface area (Å²) in [6.07, 6.45) is -0.117. The van der Waals surface area contributed by atoms with Crippen LogP contribution in [0.4, 0.5) is 8.78 Å². The summed E-state index contributed by atoms with van der Waals surface area (Å²) in [6.45, 7) is 2.12. The van der Waals surface area contributed by atoms with Gasteiger partial charge in [-0.15, -0.1) is 0 Å². The zero-order valence-corrected chi connectivity index (χ0v) is 14.7. The van der Waals surface area contributed by atoms with Gasteiger partial charge in [0.05, 0.1) is 5.41 Å². The van der Waals surface area contributed by atoms with Crippen LogP contribution in [-0.2, 0) is 16.8 Å². The first-order chi connectivity index (χ1) is 13.0. The van der Waals surface area contributed by atoms with Crippen molar-refractivity contribution in [1.82, 2.24) is 19.9 Å². The predicted octanol–water partition coefficient (Wildman–Crippen LogP) is 3.85. The van der Waals surface area contributed by atoms with Gasteiger partial charge >= 0.3 is 0 Å². The molecular formula is C19H18F2N4O2. The number of carbonyl (C=O) groups excluding carboxylic acids is 1. The maximum Gasteiger partial charge on any atom is 0.280 e. The van der Waals surface area contributed by atoms with E-state index < -0.39 is 6.43 Å². The van der Waals surface area contributed by atoms with Gasteiger partial charge in [0.25, 0.3) is 12.3 Å². The number of aldehydes is 1. The second-order valence-corrected chi connectivity index (χ2v) is 6.75. The number of hydrogen-bond donors (Lipinski definition) is 0. The largest absolute Gasteiger partial charge is 0.332 e. The van der Waals surface area contributed by atoms with Crippen molar-refractivity contribution in [1.29, 1.82) is 0 Å². The van der Waals surface area contributed by atoms with Gasteiger partial charge in [0, 0.05) is 13.0 Å². The van der Waals surface area contributed by atoms with Crippen LogP contribution in [0.25, 0.3) is 11.6 Å². The third-order valence-corrected chi connectivity index (χ3v) is 4.98. The van der Waals surface area contributed by atoms with Crippen LogP contribution in [0.1, 0.15) is 48.3 Å². The van der Waals surface area contributed by atoms with E-state index in [1.807, 2.05) is 25.1 Å². The van der Waals surface area contributed by atoms with E-state index in [9.17, 15) is 13.6 Å². The third-order valence-electron chi connectivity index (χ3n) is 4.98. The fourth-order valence-electron chi connectivity index (χ4n) is 3.44. The number of nitrogens with zero attached hydrogens (tertiary/aromatic N) is 4. The van der Waals surface area contributed by atoms with Gasteiger partial charge in [-0.1, -0.05) is 29.4 Å². The molecule has 2 aromatic heterocycles. The molecule has 1 aliphatic carbocycles. The molecule has 1 aromatic carbocycles. The molecule has 1 saturated carbocycles. The van der Waals surface area contributed by atoms with E-state index in [4.69, 9.17) is 4.52 Å². The first kappa shape index (κ1) is 17.5. The molecule has 0 aliphatic heterocycles. The number of carbonyl (C=O) groups is 1. The molecule has 27 heavy (non-hydrogen) atoms. The number of aromatic nitrogens is 4. The lowest BCUT2D eigenvalue weighted by Gasteiger charge is -2.13. The molecule has 0 saturated heterocycles. The minimum Gasteiger partial charge on any atom is -0.332 e. The molecule has 6 nitrogen and oxygen atoms in total. The highest BCUT2D eigenvalue weighted by atomic mass is 19.3. The van der Waals surface area contributed by atoms with Gasteiger partial charge in [-0.3, -0.25) is 4.68 Å². The monoisotopic (exact) mass is 372 g/mol.